The standard InChI is InChI=1S/C13H13N3S2/c14-13(16-15-8-12-6-7-17-9-12)18-10-11-4-2-1-3-5-11/h1-9H,10H2,(H2,14,16)/b15-8+. The van der Waals surface area contributed by atoms with Gasteiger partial charge in [-0.3, -0.25) is 0 Å². The molecular formula is C13H13N3S2. The molecule has 0 aliphatic rings. The lowest BCUT2D eigenvalue weighted by atomic mass is 10.2. The SMILES string of the molecule is N/C(=N\N=C\c1ccsc1)SCc1ccccc1. The van der Waals surface area contributed by atoms with Crippen molar-refractivity contribution in [3.8, 4) is 0 Å². The molecule has 3 nitrogen and oxygen atoms in total. The maximum Gasteiger partial charge on any atom is 0.180 e. The fourth-order valence-corrected chi connectivity index (χ4v) is 2.48. The van der Waals surface area contributed by atoms with Gasteiger partial charge in [0.15, 0.2) is 5.17 Å². The third kappa shape index (κ3) is 4.35. The molecule has 0 radical (unpaired) electrons. The van der Waals surface area contributed by atoms with Crippen LogP contribution in [0.3, 0.4) is 0 Å². The summed E-state index contributed by atoms with van der Waals surface area (Å²) in [7, 11) is 0. The van der Waals surface area contributed by atoms with Crippen molar-refractivity contribution >= 4 is 34.5 Å². The Morgan fingerprint density at radius 2 is 2.11 bits per heavy atom. The summed E-state index contributed by atoms with van der Waals surface area (Å²) in [5, 5.41) is 12.4. The van der Waals surface area contributed by atoms with Crippen LogP contribution < -0.4 is 5.73 Å². The van der Waals surface area contributed by atoms with Gasteiger partial charge in [-0.15, -0.1) is 5.10 Å². The van der Waals surface area contributed by atoms with Gasteiger partial charge in [0.2, 0.25) is 0 Å². The zero-order valence-electron chi connectivity index (χ0n) is 9.69. The first-order chi connectivity index (χ1) is 8.84. The predicted molar refractivity (Wildman–Crippen MR) is 81.3 cm³/mol. The Bertz CT molecular complexity index is 518. The Labute approximate surface area is 114 Å². The highest BCUT2D eigenvalue weighted by atomic mass is 32.2. The molecule has 0 bridgehead atoms. The maximum atomic E-state index is 5.76. The van der Waals surface area contributed by atoms with Crippen molar-refractivity contribution in [2.45, 2.75) is 5.75 Å². The van der Waals surface area contributed by atoms with Crippen molar-refractivity contribution in [3.05, 3.63) is 58.3 Å². The predicted octanol–water partition coefficient (Wildman–Crippen LogP) is 3.33. The quantitative estimate of drug-likeness (QED) is 0.528. The summed E-state index contributed by atoms with van der Waals surface area (Å²) >= 11 is 3.11. The molecule has 2 N–H and O–H groups in total. The number of nitrogens with zero attached hydrogens (tertiary/aromatic N) is 2. The van der Waals surface area contributed by atoms with Crippen molar-refractivity contribution in [3.63, 3.8) is 0 Å². The monoisotopic (exact) mass is 275 g/mol. The van der Waals surface area contributed by atoms with E-state index in [1.807, 2.05) is 35.0 Å². The van der Waals surface area contributed by atoms with E-state index in [2.05, 4.69) is 22.3 Å². The van der Waals surface area contributed by atoms with Gasteiger partial charge in [-0.1, -0.05) is 42.1 Å². The first-order valence-electron chi connectivity index (χ1n) is 5.40. The van der Waals surface area contributed by atoms with Gasteiger partial charge in [-0.25, -0.2) is 0 Å². The number of benzene rings is 1. The average molecular weight is 275 g/mol. The molecule has 0 unspecified atom stereocenters. The highest BCUT2D eigenvalue weighted by molar-refractivity contribution is 8.13. The molecule has 0 amide bonds. The van der Waals surface area contributed by atoms with Crippen molar-refractivity contribution in [1.29, 1.82) is 0 Å². The molecule has 2 aromatic rings. The Kier molecular flexibility index (Phi) is 4.99. The first-order valence-corrected chi connectivity index (χ1v) is 7.33. The number of hydrogen-bond acceptors (Lipinski definition) is 4. The van der Waals surface area contributed by atoms with E-state index in [9.17, 15) is 0 Å². The van der Waals surface area contributed by atoms with Crippen LogP contribution in [0.5, 0.6) is 0 Å². The molecule has 5 heteroatoms. The zero-order valence-corrected chi connectivity index (χ0v) is 11.3. The lowest BCUT2D eigenvalue weighted by Gasteiger charge is -1.98. The van der Waals surface area contributed by atoms with Gasteiger partial charge >= 0.3 is 0 Å². The van der Waals surface area contributed by atoms with Gasteiger partial charge in [0.1, 0.15) is 0 Å². The van der Waals surface area contributed by atoms with Crippen LogP contribution in [0.4, 0.5) is 0 Å². The molecule has 1 aromatic heterocycles. The second kappa shape index (κ2) is 6.98. The van der Waals surface area contributed by atoms with E-state index in [-0.39, 0.29) is 0 Å². The summed E-state index contributed by atoms with van der Waals surface area (Å²) in [6, 6.07) is 12.1. The molecule has 0 atom stereocenters. The van der Waals surface area contributed by atoms with Crippen molar-refractivity contribution in [2.75, 3.05) is 0 Å². The number of thioether (sulfide) groups is 1. The van der Waals surface area contributed by atoms with E-state index in [4.69, 9.17) is 5.73 Å². The number of nitrogens with two attached hydrogens (primary N) is 1. The summed E-state index contributed by atoms with van der Waals surface area (Å²) < 4.78 is 0. The van der Waals surface area contributed by atoms with Crippen LogP contribution in [0.25, 0.3) is 0 Å². The van der Waals surface area contributed by atoms with Crippen molar-refractivity contribution < 1.29 is 0 Å². The zero-order chi connectivity index (χ0) is 12.6. The molecule has 0 saturated carbocycles. The van der Waals surface area contributed by atoms with E-state index in [1.165, 1.54) is 17.3 Å². The van der Waals surface area contributed by atoms with Gasteiger partial charge in [-0.05, 0) is 22.4 Å². The summed E-state index contributed by atoms with van der Waals surface area (Å²) in [6.45, 7) is 0. The molecule has 0 aliphatic carbocycles. The minimum atomic E-state index is 0.477. The highest BCUT2D eigenvalue weighted by Gasteiger charge is 1.95. The van der Waals surface area contributed by atoms with Gasteiger partial charge in [0.25, 0.3) is 0 Å². The van der Waals surface area contributed by atoms with E-state index in [0.717, 1.165) is 11.3 Å². The Morgan fingerprint density at radius 3 is 2.83 bits per heavy atom. The van der Waals surface area contributed by atoms with Crippen LogP contribution >= 0.6 is 23.1 Å². The third-order valence-corrected chi connectivity index (χ3v) is 3.69. The van der Waals surface area contributed by atoms with Crippen LogP contribution in [-0.4, -0.2) is 11.4 Å². The molecule has 0 saturated heterocycles. The number of thiophene rings is 1. The largest absolute Gasteiger partial charge is 0.377 e. The molecule has 92 valence electrons. The topological polar surface area (TPSA) is 50.7 Å². The van der Waals surface area contributed by atoms with Gasteiger partial charge in [0, 0.05) is 11.3 Å². The van der Waals surface area contributed by atoms with Gasteiger partial charge in [-0.2, -0.15) is 16.4 Å². The summed E-state index contributed by atoms with van der Waals surface area (Å²) in [6.07, 6.45) is 1.70. The molecule has 0 aliphatic heterocycles. The number of hydrogen-bond donors (Lipinski definition) is 1. The summed E-state index contributed by atoms with van der Waals surface area (Å²) in [5.74, 6) is 0.810. The number of rotatable bonds is 4. The second-order valence-electron chi connectivity index (χ2n) is 3.51. The normalized spacial score (nSPS) is 12.1. The molecule has 0 spiro atoms. The summed E-state index contributed by atoms with van der Waals surface area (Å²) in [5.41, 5.74) is 8.03. The third-order valence-electron chi connectivity index (χ3n) is 2.14. The lowest BCUT2D eigenvalue weighted by Crippen LogP contribution is -2.05. The van der Waals surface area contributed by atoms with Crippen LogP contribution in [-0.2, 0) is 5.75 Å². The minimum Gasteiger partial charge on any atom is -0.377 e. The molecular weight excluding hydrogens is 262 g/mol. The van der Waals surface area contributed by atoms with Crippen molar-refractivity contribution in [2.24, 2.45) is 15.9 Å². The lowest BCUT2D eigenvalue weighted by molar-refractivity contribution is 1.25. The van der Waals surface area contributed by atoms with E-state index < -0.39 is 0 Å². The Morgan fingerprint density at radius 1 is 1.28 bits per heavy atom. The fourth-order valence-electron chi connectivity index (χ4n) is 1.26. The smallest absolute Gasteiger partial charge is 0.180 e. The molecule has 1 aromatic carbocycles. The molecule has 1 heterocycles. The van der Waals surface area contributed by atoms with Gasteiger partial charge < -0.3 is 5.73 Å². The van der Waals surface area contributed by atoms with Crippen LogP contribution in [0.1, 0.15) is 11.1 Å². The highest BCUT2D eigenvalue weighted by Crippen LogP contribution is 2.11. The van der Waals surface area contributed by atoms with Crippen molar-refractivity contribution in [1.82, 2.24) is 0 Å². The fraction of sp³-hybridized carbons (Fsp3) is 0.0769. The molecule has 0 fully saturated rings. The van der Waals surface area contributed by atoms with Crippen LogP contribution in [0.2, 0.25) is 0 Å². The van der Waals surface area contributed by atoms with E-state index in [0.29, 0.717) is 5.17 Å². The minimum absolute atomic E-state index is 0.477. The van der Waals surface area contributed by atoms with Gasteiger partial charge in [0.05, 0.1) is 6.21 Å². The molecule has 2 rings (SSSR count). The molecule has 18 heavy (non-hydrogen) atoms. The average Bonchev–Trinajstić information content (AvgIpc) is 2.91. The Balaban J connectivity index is 1.83. The number of amidine groups is 1. The Hall–Kier alpha value is -1.59. The second-order valence-corrected chi connectivity index (χ2v) is 5.29. The summed E-state index contributed by atoms with van der Waals surface area (Å²) in [4.78, 5) is 0. The van der Waals surface area contributed by atoms with Crippen LogP contribution in [0, 0.1) is 0 Å². The maximum absolute atomic E-state index is 5.76. The van der Waals surface area contributed by atoms with Crippen LogP contribution in [0.15, 0.2) is 57.4 Å². The van der Waals surface area contributed by atoms with E-state index in [1.54, 1.807) is 17.6 Å². The van der Waals surface area contributed by atoms with E-state index >= 15 is 0 Å². The first kappa shape index (κ1) is 12.9.